The van der Waals surface area contributed by atoms with Gasteiger partial charge in [-0.25, -0.2) is 0 Å². The van der Waals surface area contributed by atoms with E-state index in [-0.39, 0.29) is 18.1 Å². The van der Waals surface area contributed by atoms with Gasteiger partial charge in [-0.15, -0.1) is 0 Å². The molecule has 3 N–H and O–H groups in total. The van der Waals surface area contributed by atoms with Crippen molar-refractivity contribution in [2.24, 2.45) is 5.73 Å². The van der Waals surface area contributed by atoms with Crippen LogP contribution in [-0.2, 0) is 9.53 Å². The van der Waals surface area contributed by atoms with Gasteiger partial charge in [-0.3, -0.25) is 4.79 Å². The third-order valence-corrected chi connectivity index (χ3v) is 2.40. The van der Waals surface area contributed by atoms with Crippen LogP contribution in [0.1, 0.15) is 27.2 Å². The Hall–Kier alpha value is -0.650. The molecule has 0 heterocycles. The highest BCUT2D eigenvalue weighted by Gasteiger charge is 2.16. The molecule has 0 aromatic heterocycles. The van der Waals surface area contributed by atoms with Gasteiger partial charge in [-0.05, 0) is 33.9 Å². The molecule has 0 saturated carbocycles. The van der Waals surface area contributed by atoms with Gasteiger partial charge >= 0.3 is 0 Å². The number of hydrogen-bond acceptors (Lipinski definition) is 4. The number of likely N-dealkylation sites (N-methyl/N-ethyl adjacent to an activating group) is 1. The molecule has 0 aromatic carbocycles. The molecule has 1 atom stereocenters. The van der Waals surface area contributed by atoms with Crippen molar-refractivity contribution in [3.8, 4) is 0 Å². The number of carbonyl (C=O) groups is 1. The zero-order chi connectivity index (χ0) is 13.3. The van der Waals surface area contributed by atoms with Crippen LogP contribution in [0.25, 0.3) is 0 Å². The Bertz CT molecular complexity index is 210. The van der Waals surface area contributed by atoms with E-state index in [0.717, 1.165) is 19.5 Å². The summed E-state index contributed by atoms with van der Waals surface area (Å²) in [5.74, 6) is -0.296. The van der Waals surface area contributed by atoms with E-state index in [1.807, 2.05) is 20.9 Å². The quantitative estimate of drug-likeness (QED) is 0.577. The first-order valence-corrected chi connectivity index (χ1v) is 6.30. The SMILES string of the molecule is CCCNC(CN(C)CCOC(C)C)C(N)=O. The van der Waals surface area contributed by atoms with Crippen LogP contribution >= 0.6 is 0 Å². The fourth-order valence-electron chi connectivity index (χ4n) is 1.42. The smallest absolute Gasteiger partial charge is 0.235 e. The molecule has 0 bridgehead atoms. The van der Waals surface area contributed by atoms with Gasteiger partial charge in [-0.2, -0.15) is 0 Å². The molecule has 1 amide bonds. The van der Waals surface area contributed by atoms with E-state index in [9.17, 15) is 4.79 Å². The lowest BCUT2D eigenvalue weighted by atomic mass is 10.2. The predicted octanol–water partition coefficient (Wildman–Crippen LogP) is 0.197. The topological polar surface area (TPSA) is 67.6 Å². The average Bonchev–Trinajstić information content (AvgIpc) is 2.23. The Kier molecular flexibility index (Phi) is 9.03. The zero-order valence-corrected chi connectivity index (χ0v) is 11.5. The summed E-state index contributed by atoms with van der Waals surface area (Å²) in [6.45, 7) is 8.99. The van der Waals surface area contributed by atoms with Crippen molar-refractivity contribution >= 4 is 5.91 Å². The Morgan fingerprint density at radius 3 is 2.59 bits per heavy atom. The molecule has 0 fully saturated rings. The van der Waals surface area contributed by atoms with Crippen LogP contribution in [0.4, 0.5) is 0 Å². The van der Waals surface area contributed by atoms with Gasteiger partial charge in [0, 0.05) is 13.1 Å². The molecular formula is C12H27N3O2. The maximum absolute atomic E-state index is 11.2. The molecule has 0 aliphatic rings. The number of primary amides is 1. The van der Waals surface area contributed by atoms with Crippen molar-refractivity contribution in [1.82, 2.24) is 10.2 Å². The largest absolute Gasteiger partial charge is 0.377 e. The highest BCUT2D eigenvalue weighted by Crippen LogP contribution is 1.93. The Labute approximate surface area is 105 Å². The third kappa shape index (κ3) is 9.09. The first kappa shape index (κ1) is 16.4. The number of hydrogen-bond donors (Lipinski definition) is 2. The molecule has 0 spiro atoms. The van der Waals surface area contributed by atoms with Crippen LogP contribution in [0, 0.1) is 0 Å². The number of nitrogens with zero attached hydrogens (tertiary/aromatic N) is 1. The van der Waals surface area contributed by atoms with Crippen molar-refractivity contribution in [2.45, 2.75) is 39.3 Å². The van der Waals surface area contributed by atoms with E-state index in [1.54, 1.807) is 0 Å². The predicted molar refractivity (Wildman–Crippen MR) is 69.9 cm³/mol. The summed E-state index contributed by atoms with van der Waals surface area (Å²) in [6.07, 6.45) is 1.23. The van der Waals surface area contributed by atoms with Crippen LogP contribution in [0.2, 0.25) is 0 Å². The molecule has 5 nitrogen and oxygen atoms in total. The zero-order valence-electron chi connectivity index (χ0n) is 11.5. The molecule has 102 valence electrons. The molecule has 1 unspecified atom stereocenters. The Morgan fingerprint density at radius 2 is 2.12 bits per heavy atom. The van der Waals surface area contributed by atoms with Gasteiger partial charge in [0.05, 0.1) is 18.8 Å². The average molecular weight is 245 g/mol. The molecule has 0 saturated heterocycles. The summed E-state index contributed by atoms with van der Waals surface area (Å²) in [6, 6.07) is -0.279. The van der Waals surface area contributed by atoms with Crippen molar-refractivity contribution in [2.75, 3.05) is 33.3 Å². The number of nitrogens with one attached hydrogen (secondary N) is 1. The standard InChI is InChI=1S/C12H27N3O2/c1-5-6-14-11(12(13)16)9-15(4)7-8-17-10(2)3/h10-11,14H,5-9H2,1-4H3,(H2,13,16). The first-order valence-electron chi connectivity index (χ1n) is 6.30. The second-order valence-corrected chi connectivity index (χ2v) is 4.59. The normalized spacial score (nSPS) is 13.3. The molecule has 17 heavy (non-hydrogen) atoms. The number of carbonyl (C=O) groups excluding carboxylic acids is 1. The lowest BCUT2D eigenvalue weighted by Crippen LogP contribution is -2.49. The maximum atomic E-state index is 11.2. The van der Waals surface area contributed by atoms with Crippen LogP contribution in [-0.4, -0.2) is 56.2 Å². The first-order chi connectivity index (χ1) is 7.97. The highest BCUT2D eigenvalue weighted by molar-refractivity contribution is 5.80. The lowest BCUT2D eigenvalue weighted by molar-refractivity contribution is -0.120. The molecular weight excluding hydrogens is 218 g/mol. The third-order valence-electron chi connectivity index (χ3n) is 2.40. The minimum absolute atomic E-state index is 0.244. The lowest BCUT2D eigenvalue weighted by Gasteiger charge is -2.23. The highest BCUT2D eigenvalue weighted by atomic mass is 16.5. The van der Waals surface area contributed by atoms with Crippen molar-refractivity contribution in [1.29, 1.82) is 0 Å². The van der Waals surface area contributed by atoms with Gasteiger partial charge in [0.15, 0.2) is 0 Å². The van der Waals surface area contributed by atoms with Gasteiger partial charge in [0.2, 0.25) is 5.91 Å². The van der Waals surface area contributed by atoms with Gasteiger partial charge in [0.1, 0.15) is 0 Å². The summed E-state index contributed by atoms with van der Waals surface area (Å²) in [4.78, 5) is 13.3. The van der Waals surface area contributed by atoms with E-state index in [4.69, 9.17) is 10.5 Å². The van der Waals surface area contributed by atoms with Crippen molar-refractivity contribution in [3.63, 3.8) is 0 Å². The number of nitrogens with two attached hydrogens (primary N) is 1. The maximum Gasteiger partial charge on any atom is 0.235 e. The van der Waals surface area contributed by atoms with E-state index in [0.29, 0.717) is 13.2 Å². The number of rotatable bonds is 10. The van der Waals surface area contributed by atoms with Crippen LogP contribution in [0.5, 0.6) is 0 Å². The second-order valence-electron chi connectivity index (χ2n) is 4.59. The fourth-order valence-corrected chi connectivity index (χ4v) is 1.42. The second kappa shape index (κ2) is 9.39. The van der Waals surface area contributed by atoms with E-state index in [2.05, 4.69) is 17.1 Å². The molecule has 0 radical (unpaired) electrons. The Balaban J connectivity index is 3.86. The van der Waals surface area contributed by atoms with Crippen molar-refractivity contribution in [3.05, 3.63) is 0 Å². The van der Waals surface area contributed by atoms with Gasteiger partial charge in [0.25, 0.3) is 0 Å². The van der Waals surface area contributed by atoms with Crippen molar-refractivity contribution < 1.29 is 9.53 Å². The van der Waals surface area contributed by atoms with Gasteiger partial charge < -0.3 is 20.7 Å². The molecule has 0 rings (SSSR count). The van der Waals surface area contributed by atoms with E-state index in [1.165, 1.54) is 0 Å². The molecule has 5 heteroatoms. The summed E-state index contributed by atoms with van der Waals surface area (Å²) < 4.78 is 5.46. The van der Waals surface area contributed by atoms with E-state index >= 15 is 0 Å². The number of amides is 1. The fraction of sp³-hybridized carbons (Fsp3) is 0.917. The minimum Gasteiger partial charge on any atom is -0.377 e. The summed E-state index contributed by atoms with van der Waals surface area (Å²) >= 11 is 0. The Morgan fingerprint density at radius 1 is 1.47 bits per heavy atom. The van der Waals surface area contributed by atoms with E-state index < -0.39 is 0 Å². The monoisotopic (exact) mass is 245 g/mol. The van der Waals surface area contributed by atoms with Crippen LogP contribution in [0.3, 0.4) is 0 Å². The summed E-state index contributed by atoms with van der Waals surface area (Å²) in [5.41, 5.74) is 5.34. The number of ether oxygens (including phenoxy) is 1. The van der Waals surface area contributed by atoms with Crippen LogP contribution < -0.4 is 11.1 Å². The summed E-state index contributed by atoms with van der Waals surface area (Å²) in [7, 11) is 1.97. The van der Waals surface area contributed by atoms with Crippen LogP contribution in [0.15, 0.2) is 0 Å². The summed E-state index contributed by atoms with van der Waals surface area (Å²) in [5, 5.41) is 3.14. The molecule has 0 aliphatic heterocycles. The minimum atomic E-state index is -0.296. The molecule has 0 aliphatic carbocycles. The van der Waals surface area contributed by atoms with Gasteiger partial charge in [-0.1, -0.05) is 6.92 Å². The molecule has 0 aromatic rings.